The zero-order valence-corrected chi connectivity index (χ0v) is 23.4. The third-order valence-electron chi connectivity index (χ3n) is 6.48. The molecule has 0 aliphatic carbocycles. The van der Waals surface area contributed by atoms with Gasteiger partial charge in [0.2, 0.25) is 0 Å². The first-order valence-electron chi connectivity index (χ1n) is 13.1. The van der Waals surface area contributed by atoms with Crippen molar-refractivity contribution in [2.75, 3.05) is 6.56 Å². The Bertz CT molecular complexity index is 1600. The molecule has 1 aromatic carbocycles. The van der Waals surface area contributed by atoms with Crippen molar-refractivity contribution in [2.24, 2.45) is 0 Å². The second-order valence-electron chi connectivity index (χ2n) is 11.6. The van der Waals surface area contributed by atoms with Gasteiger partial charge in [-0.25, -0.2) is 18.1 Å². The van der Waals surface area contributed by atoms with Gasteiger partial charge in [0.25, 0.3) is 11.4 Å². The summed E-state index contributed by atoms with van der Waals surface area (Å²) in [5.74, 6) is -4.98. The third-order valence-corrected chi connectivity index (χ3v) is 7.64. The van der Waals surface area contributed by atoms with Crippen molar-refractivity contribution in [2.45, 2.75) is 83.3 Å². The summed E-state index contributed by atoms with van der Waals surface area (Å²) < 4.78 is 82.3. The second-order valence-corrected chi connectivity index (χ2v) is 13.1. The lowest BCUT2D eigenvalue weighted by molar-refractivity contribution is -0.205. The summed E-state index contributed by atoms with van der Waals surface area (Å²) in [7, 11) is -5.12. The molecular formula is C25H31F2N2O10P. The van der Waals surface area contributed by atoms with Gasteiger partial charge in [-0.2, -0.15) is 0 Å². The van der Waals surface area contributed by atoms with E-state index in [1.807, 2.05) is 0 Å². The molecule has 1 aromatic heterocycles. The summed E-state index contributed by atoms with van der Waals surface area (Å²) in [4.78, 5) is 36.8. The number of hydrogen-bond acceptors (Lipinski definition) is 10. The summed E-state index contributed by atoms with van der Waals surface area (Å²) >= 11 is 0. The number of nitrogens with one attached hydrogen (secondary N) is 1. The summed E-state index contributed by atoms with van der Waals surface area (Å²) in [6, 6.07) is 1.52. The highest BCUT2D eigenvalue weighted by atomic mass is 31.2. The first-order chi connectivity index (χ1) is 19.1. The number of alkyl halides is 1. The molecule has 0 amide bonds. The van der Waals surface area contributed by atoms with Crippen LogP contribution in [0.2, 0.25) is 0 Å². The molecule has 4 rings (SSSR count). The summed E-state index contributed by atoms with van der Waals surface area (Å²) in [6.07, 6.45) is -6.64. The highest BCUT2D eigenvalue weighted by Crippen LogP contribution is 2.58. The van der Waals surface area contributed by atoms with Crippen molar-refractivity contribution in [3.8, 4) is 5.75 Å². The van der Waals surface area contributed by atoms with Gasteiger partial charge in [-0.1, -0.05) is 41.5 Å². The molecule has 40 heavy (non-hydrogen) atoms. The predicted octanol–water partition coefficient (Wildman–Crippen LogP) is 2.73. The smallest absolute Gasteiger partial charge is 0.403 e. The maximum absolute atomic E-state index is 16.1. The third kappa shape index (κ3) is 5.31. The summed E-state index contributed by atoms with van der Waals surface area (Å²) in [5, 5.41) is 20.9. The predicted molar refractivity (Wildman–Crippen MR) is 135 cm³/mol. The van der Waals surface area contributed by atoms with Crippen molar-refractivity contribution >= 4 is 14.1 Å². The van der Waals surface area contributed by atoms with Gasteiger partial charge in [-0.3, -0.25) is 28.2 Å². The number of aromatic nitrogens is 2. The van der Waals surface area contributed by atoms with E-state index in [1.165, 1.54) is 6.07 Å². The van der Waals surface area contributed by atoms with Gasteiger partial charge in [-0.05, 0) is 22.5 Å². The number of carbonyl (C=O) groups excluding carboxylic acids is 1. The maximum atomic E-state index is 16.1. The van der Waals surface area contributed by atoms with E-state index in [4.69, 9.17) is 21.0 Å². The number of fused-ring (bicyclic) bond motifs is 1. The van der Waals surface area contributed by atoms with E-state index in [2.05, 4.69) is 0 Å². The van der Waals surface area contributed by atoms with Crippen molar-refractivity contribution in [1.29, 1.82) is 0 Å². The molecule has 0 radical (unpaired) electrons. The molecule has 15 heteroatoms. The van der Waals surface area contributed by atoms with E-state index >= 15 is 8.78 Å². The zero-order chi connectivity index (χ0) is 31.8. The van der Waals surface area contributed by atoms with Crippen LogP contribution in [-0.2, 0) is 35.8 Å². The number of nitrogens with zero attached hydrogens (tertiary/aromatic N) is 1. The van der Waals surface area contributed by atoms with Crippen LogP contribution in [0, 0.1) is 5.82 Å². The Hall–Kier alpha value is -2.74. The SMILES string of the molecule is [2H]C([2H])(OP1(=O)OCc2c(F)c(C(C)(C)C)cc(C(C)(C)C)c2O1)[C@@]1(F)O[C@@H](n2cc(C=O)c(=O)[nH]c2=O)[C@H](O)[C@@H]1O. The molecule has 2 aliphatic heterocycles. The molecule has 0 spiro atoms. The second kappa shape index (κ2) is 9.97. The Morgan fingerprint density at radius 2 is 1.88 bits per heavy atom. The number of ether oxygens (including phenoxy) is 1. The average Bonchev–Trinajstić information content (AvgIpc) is 3.07. The van der Waals surface area contributed by atoms with Gasteiger partial charge in [0.15, 0.2) is 12.5 Å². The molecule has 2 aromatic rings. The number of halogens is 2. The fraction of sp³-hybridized carbons (Fsp3) is 0.560. The van der Waals surface area contributed by atoms with Crippen molar-refractivity contribution < 1.29 is 49.4 Å². The topological polar surface area (TPSA) is 166 Å². The minimum absolute atomic E-state index is 0.0536. The van der Waals surface area contributed by atoms with Crippen molar-refractivity contribution in [1.82, 2.24) is 9.55 Å². The number of carbonyl (C=O) groups is 1. The summed E-state index contributed by atoms with van der Waals surface area (Å²) in [5.41, 5.74) is -3.81. The number of aliphatic hydroxyl groups excluding tert-OH is 2. The fourth-order valence-electron chi connectivity index (χ4n) is 4.25. The van der Waals surface area contributed by atoms with E-state index in [-0.39, 0.29) is 17.6 Å². The zero-order valence-electron chi connectivity index (χ0n) is 24.5. The van der Waals surface area contributed by atoms with E-state index in [9.17, 15) is 29.2 Å². The molecular weight excluding hydrogens is 557 g/mol. The van der Waals surface area contributed by atoms with Gasteiger partial charge in [0.05, 0.1) is 20.5 Å². The van der Waals surface area contributed by atoms with E-state index in [0.717, 1.165) is 0 Å². The van der Waals surface area contributed by atoms with Crippen molar-refractivity contribution in [3.63, 3.8) is 0 Å². The maximum Gasteiger partial charge on any atom is 0.530 e. The molecule has 0 bridgehead atoms. The molecule has 220 valence electrons. The number of phosphoric ester groups is 1. The number of rotatable bonds is 5. The Kier molecular flexibility index (Phi) is 6.83. The largest absolute Gasteiger partial charge is 0.530 e. The van der Waals surface area contributed by atoms with Gasteiger partial charge in [0.1, 0.15) is 30.3 Å². The molecule has 3 heterocycles. The molecule has 12 nitrogen and oxygen atoms in total. The van der Waals surface area contributed by atoms with Gasteiger partial charge >= 0.3 is 13.5 Å². The normalized spacial score (nSPS) is 29.8. The van der Waals surface area contributed by atoms with Crippen LogP contribution in [0.15, 0.2) is 21.9 Å². The molecule has 1 fully saturated rings. The Morgan fingerprint density at radius 1 is 1.25 bits per heavy atom. The minimum Gasteiger partial charge on any atom is -0.403 e. The molecule has 5 atom stereocenters. The molecule has 0 saturated carbocycles. The van der Waals surface area contributed by atoms with Crippen LogP contribution in [-0.4, -0.2) is 50.7 Å². The van der Waals surface area contributed by atoms with Gasteiger partial charge < -0.3 is 19.5 Å². The van der Waals surface area contributed by atoms with Gasteiger partial charge in [0, 0.05) is 11.8 Å². The quantitative estimate of drug-likeness (QED) is 0.348. The number of aromatic amines is 1. The minimum atomic E-state index is -5.12. The Balaban J connectivity index is 1.71. The van der Waals surface area contributed by atoms with Crippen LogP contribution in [0.4, 0.5) is 8.78 Å². The van der Waals surface area contributed by atoms with E-state index in [0.29, 0.717) is 21.9 Å². The van der Waals surface area contributed by atoms with Crippen LogP contribution >= 0.6 is 7.82 Å². The van der Waals surface area contributed by atoms with Crippen LogP contribution in [0.25, 0.3) is 0 Å². The molecule has 3 N–H and O–H groups in total. The van der Waals surface area contributed by atoms with Crippen molar-refractivity contribution in [3.05, 3.63) is 61.2 Å². The lowest BCUT2D eigenvalue weighted by atomic mass is 9.78. The summed E-state index contributed by atoms with van der Waals surface area (Å²) in [6.45, 7) is 6.05. The first-order valence-corrected chi connectivity index (χ1v) is 13.6. The van der Waals surface area contributed by atoms with Crippen LogP contribution in [0.1, 0.15) is 77.6 Å². The molecule has 1 unspecified atom stereocenters. The van der Waals surface area contributed by atoms with Crippen LogP contribution < -0.4 is 15.8 Å². The standard InChI is InChI=1S/C25H31F2N2O10P/c1-23(2,3)14-7-15(24(4,5)6)18-13(16(14)26)10-36-40(35,39-18)37-11-25(27)19(32)17(31)21(38-25)29-8-12(9-30)20(33)28-22(29)34/h7-9,17,19,21,31-32H,10-11H2,1-6H3,(H,28,33,34)/t17-,19+,21-,25-,40?/m1/s1/i11D2. The first kappa shape index (κ1) is 27.4. The number of phosphoric acid groups is 1. The molecule has 2 aliphatic rings. The number of H-pyrrole nitrogens is 1. The Morgan fingerprint density at radius 3 is 2.45 bits per heavy atom. The Labute approximate surface area is 230 Å². The van der Waals surface area contributed by atoms with Crippen LogP contribution in [0.3, 0.4) is 0 Å². The highest BCUT2D eigenvalue weighted by Gasteiger charge is 2.58. The fourth-order valence-corrected chi connectivity index (χ4v) is 5.35. The lowest BCUT2D eigenvalue weighted by Crippen LogP contribution is -2.43. The highest BCUT2D eigenvalue weighted by molar-refractivity contribution is 7.49. The lowest BCUT2D eigenvalue weighted by Gasteiger charge is -2.34. The van der Waals surface area contributed by atoms with Gasteiger partial charge in [-0.15, -0.1) is 0 Å². The number of aliphatic hydroxyl groups is 2. The average molecular weight is 591 g/mol. The van der Waals surface area contributed by atoms with E-state index < -0.39 is 78.7 Å². The number of aldehydes is 1. The van der Waals surface area contributed by atoms with E-state index in [1.54, 1.807) is 46.5 Å². The van der Waals surface area contributed by atoms with Crippen LogP contribution in [0.5, 0.6) is 5.75 Å². The number of benzene rings is 1. The molecule has 1 saturated heterocycles. The number of hydrogen-bond donors (Lipinski definition) is 3. The monoisotopic (exact) mass is 590 g/mol.